The summed E-state index contributed by atoms with van der Waals surface area (Å²) >= 11 is 0. The van der Waals surface area contributed by atoms with Crippen LogP contribution in [0.25, 0.3) is 0 Å². The van der Waals surface area contributed by atoms with Gasteiger partial charge in [-0.25, -0.2) is 24.0 Å². The molecule has 86 heavy (non-hydrogen) atoms. The third-order valence-corrected chi connectivity index (χ3v) is 11.9. The number of carbonyl (C=O) groups excluding carboxylic acids is 9. The predicted molar refractivity (Wildman–Crippen MR) is 296 cm³/mol. The third-order valence-electron chi connectivity index (χ3n) is 11.9. The SMILES string of the molecule is CC(=O)OC1[C@@H](O[C@@H]2C(O)C(O[C@H]3OC(CNC(=O)OC(C)(C)C)CCC3NC(=O)OC(C)(C)C)[C@H](NC(=O)OC(C)(C)C)C[C@H]2NC(=O)[C@H](CCNC(=O)OC(C)(C)C)OC(C)=O)OC(C(O)C[N+](=O)[O-])[C@@H](OC(C)=O)[C@@H]1NC(=O)OC(C)(C)C. The van der Waals surface area contributed by atoms with Gasteiger partial charge in [0.1, 0.15) is 64.6 Å². The highest BCUT2D eigenvalue weighted by Gasteiger charge is 2.58. The molecule has 3 aliphatic rings. The van der Waals surface area contributed by atoms with Crippen molar-refractivity contribution in [2.45, 2.75) is 270 Å². The van der Waals surface area contributed by atoms with Crippen LogP contribution < -0.4 is 31.9 Å². The quantitative estimate of drug-likeness (QED) is 0.0376. The molecule has 3 rings (SSSR count). The lowest BCUT2D eigenvalue weighted by molar-refractivity contribution is -0.495. The molecule has 15 atom stereocenters. The zero-order valence-corrected chi connectivity index (χ0v) is 52.3. The second-order valence-electron chi connectivity index (χ2n) is 25.8. The summed E-state index contributed by atoms with van der Waals surface area (Å²) in [6, 6.07) is -6.16. The molecular formula is C54H91N7O25. The average Bonchev–Trinajstić information content (AvgIpc) is 1.11. The number of aliphatic hydroxyl groups is 2. The molecule has 0 aromatic carbocycles. The Kier molecular flexibility index (Phi) is 26.4. The van der Waals surface area contributed by atoms with Crippen LogP contribution in [0.1, 0.15) is 150 Å². The first-order chi connectivity index (χ1) is 39.3. The number of esters is 3. The molecule has 7 unspecified atom stereocenters. The summed E-state index contributed by atoms with van der Waals surface area (Å²) in [6.45, 7) is 24.9. The van der Waals surface area contributed by atoms with Gasteiger partial charge < -0.3 is 99.0 Å². The lowest BCUT2D eigenvalue weighted by Crippen LogP contribution is -2.72. The molecule has 32 heteroatoms. The van der Waals surface area contributed by atoms with E-state index in [0.29, 0.717) is 0 Å². The molecule has 0 aromatic rings. The van der Waals surface area contributed by atoms with Crippen molar-refractivity contribution in [2.75, 3.05) is 19.6 Å². The molecule has 0 radical (unpaired) electrons. The van der Waals surface area contributed by atoms with Crippen LogP contribution in [0, 0.1) is 10.1 Å². The maximum absolute atomic E-state index is 14.6. The van der Waals surface area contributed by atoms with E-state index in [1.165, 1.54) is 20.8 Å². The summed E-state index contributed by atoms with van der Waals surface area (Å²) in [5, 5.41) is 52.1. The van der Waals surface area contributed by atoms with Gasteiger partial charge in [-0.1, -0.05) is 0 Å². The van der Waals surface area contributed by atoms with Crippen LogP contribution in [0.15, 0.2) is 0 Å². The minimum absolute atomic E-state index is 0.0693. The number of carbonyl (C=O) groups is 9. The van der Waals surface area contributed by atoms with Crippen molar-refractivity contribution in [2.24, 2.45) is 0 Å². The lowest BCUT2D eigenvalue weighted by Gasteiger charge is -2.50. The number of nitro groups is 1. The molecule has 2 saturated heterocycles. The van der Waals surface area contributed by atoms with Crippen LogP contribution in [0.3, 0.4) is 0 Å². The molecule has 1 aliphatic carbocycles. The number of hydrogen-bond acceptors (Lipinski definition) is 25. The van der Waals surface area contributed by atoms with Gasteiger partial charge in [-0.05, 0) is 123 Å². The van der Waals surface area contributed by atoms with Gasteiger partial charge in [0, 0.05) is 45.2 Å². The van der Waals surface area contributed by atoms with Crippen LogP contribution in [-0.2, 0) is 76.0 Å². The summed E-state index contributed by atoms with van der Waals surface area (Å²) in [7, 11) is 0. The van der Waals surface area contributed by atoms with Crippen LogP contribution in [-0.4, -0.2) is 209 Å². The summed E-state index contributed by atoms with van der Waals surface area (Å²) in [6.07, 6.45) is -26.3. The minimum atomic E-state index is -2.22. The average molecular weight is 1240 g/mol. The fourth-order valence-corrected chi connectivity index (χ4v) is 8.99. The molecule has 492 valence electrons. The number of alkyl carbamates (subject to hydrolysis) is 5. The first-order valence-corrected chi connectivity index (χ1v) is 28.1. The van der Waals surface area contributed by atoms with Crippen LogP contribution >= 0.6 is 0 Å². The van der Waals surface area contributed by atoms with E-state index in [1.54, 1.807) is 83.1 Å². The summed E-state index contributed by atoms with van der Waals surface area (Å²) < 4.78 is 69.9. The summed E-state index contributed by atoms with van der Waals surface area (Å²) in [5.41, 5.74) is -5.16. The van der Waals surface area contributed by atoms with Gasteiger partial charge in [-0.2, -0.15) is 0 Å². The molecule has 0 aromatic heterocycles. The molecule has 6 amide bonds. The Labute approximate surface area is 499 Å². The van der Waals surface area contributed by atoms with Gasteiger partial charge in [-0.3, -0.25) is 29.3 Å². The van der Waals surface area contributed by atoms with E-state index in [4.69, 9.17) is 56.8 Å². The van der Waals surface area contributed by atoms with Gasteiger partial charge in [0.25, 0.3) is 5.91 Å². The van der Waals surface area contributed by atoms with E-state index in [-0.39, 0.29) is 25.9 Å². The zero-order valence-electron chi connectivity index (χ0n) is 52.3. The van der Waals surface area contributed by atoms with E-state index >= 15 is 0 Å². The summed E-state index contributed by atoms with van der Waals surface area (Å²) in [5.74, 6) is -4.21. The topological polar surface area (TPSA) is 420 Å². The molecule has 3 fully saturated rings. The van der Waals surface area contributed by atoms with Gasteiger partial charge in [-0.15, -0.1) is 0 Å². The smallest absolute Gasteiger partial charge is 0.408 e. The highest BCUT2D eigenvalue weighted by atomic mass is 16.7. The van der Waals surface area contributed by atoms with Gasteiger partial charge >= 0.3 is 48.4 Å². The second-order valence-corrected chi connectivity index (χ2v) is 25.8. The predicted octanol–water partition coefficient (Wildman–Crippen LogP) is 2.79. The Morgan fingerprint density at radius 1 is 0.558 bits per heavy atom. The van der Waals surface area contributed by atoms with Crippen LogP contribution in [0.2, 0.25) is 0 Å². The molecule has 0 bridgehead atoms. The highest BCUT2D eigenvalue weighted by molar-refractivity contribution is 5.84. The molecule has 0 spiro atoms. The molecule has 32 nitrogen and oxygen atoms in total. The van der Waals surface area contributed by atoms with Crippen molar-refractivity contribution in [3.8, 4) is 0 Å². The molecule has 2 heterocycles. The van der Waals surface area contributed by atoms with Crippen molar-refractivity contribution in [3.05, 3.63) is 10.1 Å². The van der Waals surface area contributed by atoms with E-state index in [1.807, 2.05) is 0 Å². The molecular weight excluding hydrogens is 1150 g/mol. The number of ether oxygens (including phenoxy) is 12. The first kappa shape index (κ1) is 73.6. The van der Waals surface area contributed by atoms with E-state index < -0.39 is 198 Å². The second kappa shape index (κ2) is 30.8. The van der Waals surface area contributed by atoms with Crippen molar-refractivity contribution in [1.82, 2.24) is 31.9 Å². The molecule has 1 saturated carbocycles. The van der Waals surface area contributed by atoms with E-state index in [2.05, 4.69) is 31.9 Å². The Hall–Kier alpha value is -6.61. The Morgan fingerprint density at radius 3 is 1.48 bits per heavy atom. The third kappa shape index (κ3) is 26.6. The Bertz CT molecular complexity index is 2360. The fraction of sp³-hybridized carbons (Fsp3) is 0.833. The Balaban J connectivity index is 2.39. The van der Waals surface area contributed by atoms with E-state index in [0.717, 1.165) is 20.8 Å². The lowest BCUT2D eigenvalue weighted by atomic mass is 9.82. The van der Waals surface area contributed by atoms with Gasteiger partial charge in [0.05, 0.1) is 24.2 Å². The number of nitrogens with one attached hydrogen (secondary N) is 6. The monoisotopic (exact) mass is 1240 g/mol. The van der Waals surface area contributed by atoms with E-state index in [9.17, 15) is 63.5 Å². The van der Waals surface area contributed by atoms with Gasteiger partial charge in [0.2, 0.25) is 6.54 Å². The summed E-state index contributed by atoms with van der Waals surface area (Å²) in [4.78, 5) is 131. The molecule has 8 N–H and O–H groups in total. The maximum Gasteiger partial charge on any atom is 0.408 e. The zero-order chi connectivity index (χ0) is 65.6. The number of aliphatic hydroxyl groups excluding tert-OH is 2. The van der Waals surface area contributed by atoms with Crippen molar-refractivity contribution >= 4 is 54.3 Å². The van der Waals surface area contributed by atoms with Gasteiger partial charge in [0.15, 0.2) is 30.9 Å². The normalized spacial score (nSPS) is 27.0. The van der Waals surface area contributed by atoms with Crippen molar-refractivity contribution in [3.63, 3.8) is 0 Å². The number of nitrogens with zero attached hydrogens (tertiary/aromatic N) is 1. The number of amides is 6. The van der Waals surface area contributed by atoms with Crippen LogP contribution in [0.4, 0.5) is 24.0 Å². The fourth-order valence-electron chi connectivity index (χ4n) is 8.99. The Morgan fingerprint density at radius 2 is 1.00 bits per heavy atom. The highest BCUT2D eigenvalue weighted by Crippen LogP contribution is 2.36. The maximum atomic E-state index is 14.6. The molecule has 2 aliphatic heterocycles. The first-order valence-electron chi connectivity index (χ1n) is 28.1. The number of rotatable bonds is 20. The van der Waals surface area contributed by atoms with Crippen LogP contribution in [0.5, 0.6) is 0 Å². The standard InChI is InChI=1S/C54H91N7O25/c1-26(62)75-34(21-22-55-45(68)82-50(4,5)6)42(67)57-31-23-32(59-48(71)85-53(13,14)15)38(79-43-30(58-47(70)84-52(10,11)12)20-19-29(78-43)24-56-46(69)83-51(7,8)9)36(66)37(31)80-44-41(77-28(3)64)35(60-49(72)86-54(16,17)18)40(76-27(2)63)39(81-44)33(65)25-61(73)74/h29-41,43-44,65-66H,19-25H2,1-18H3,(H,55,68)(H,56,69)(H,57,67)(H,58,70)(H,59,71)(H,60,72)/t29?,30?,31-,32-,33?,34+,35+,36?,37+,38?,39?,40+,41?,43-,44+/m1/s1. The van der Waals surface area contributed by atoms with Crippen molar-refractivity contribution < 1.29 is 115 Å². The number of hydrogen-bond donors (Lipinski definition) is 8. The van der Waals surface area contributed by atoms with Crippen molar-refractivity contribution in [1.29, 1.82) is 0 Å². The largest absolute Gasteiger partial charge is 0.457 e. The minimum Gasteiger partial charge on any atom is -0.457 e.